The fraction of sp³-hybridized carbons (Fsp3) is 0.875. The Kier molecular flexibility index (Phi) is 7.00. The number of hydrogen-bond acceptors (Lipinski definition) is 1. The van der Waals surface area contributed by atoms with Crippen LogP contribution in [-0.4, -0.2) is 52.8 Å². The predicted octanol–water partition coefficient (Wildman–Crippen LogP) is 4.44. The number of hydrogen-bond donors (Lipinski definition) is 1. The fourth-order valence-electron chi connectivity index (χ4n) is 1.10. The number of carboxylic acids is 1. The summed E-state index contributed by atoms with van der Waals surface area (Å²) in [5, 5.41) is 7.57. The minimum atomic E-state index is -8.47. The number of carboxylic acid groups (broad SMARTS) is 1. The van der Waals surface area contributed by atoms with Crippen LogP contribution in [0, 0.1) is 0 Å². The largest absolute Gasteiger partial charge is 0.477 e. The van der Waals surface area contributed by atoms with Gasteiger partial charge in [0.1, 0.15) is 0 Å². The van der Waals surface area contributed by atoms with Crippen molar-refractivity contribution in [2.45, 2.75) is 41.7 Å². The first-order valence-corrected chi connectivity index (χ1v) is 5.01. The van der Waals surface area contributed by atoms with E-state index in [-0.39, 0.29) is 22.4 Å². The molecule has 1 N–H and O–H groups in total. The van der Waals surface area contributed by atoms with Gasteiger partial charge in [-0.15, -0.1) is 0 Å². The Morgan fingerprint density at radius 1 is 0.500 bits per heavy atom. The van der Waals surface area contributed by atoms with Crippen LogP contribution in [0.2, 0.25) is 0 Å². The fourth-order valence-corrected chi connectivity index (χ4v) is 1.10. The number of carbonyl (C=O) groups is 1. The molecule has 1 radical (unpaired) electrons. The third-order valence-electron chi connectivity index (χ3n) is 2.60. The molecule has 0 heterocycles. The molecule has 0 aromatic rings. The van der Waals surface area contributed by atoms with Crippen LogP contribution in [0.3, 0.4) is 0 Å². The maximum Gasteiger partial charge on any atom is 0.460 e. The Balaban J connectivity index is 0. The molecule has 0 saturated heterocycles. The summed E-state index contributed by atoms with van der Waals surface area (Å²) in [5.74, 6) is -52.8. The predicted molar refractivity (Wildman–Crippen MR) is 43.4 cm³/mol. The maximum absolute atomic E-state index is 12.8. The van der Waals surface area contributed by atoms with Crippen molar-refractivity contribution in [2.75, 3.05) is 0 Å². The maximum atomic E-state index is 12.8. The number of aliphatic carboxylic acids is 1. The van der Waals surface area contributed by atoms with Crippen LogP contribution in [0.5, 0.6) is 0 Å². The standard InChI is InChI=1S/C8HF15O2.Ag/c9-2(10,1(24)25)3(11,12)4(13,14)5(15,16)6(17,18)7(19,20)8(21,22)23;/h(H,24,25);. The first-order chi connectivity index (χ1) is 10.4. The Bertz CT molecular complexity index is 536. The first-order valence-electron chi connectivity index (χ1n) is 5.01. The number of halogens is 15. The minimum absolute atomic E-state index is 0. The molecule has 0 atom stereocenters. The Morgan fingerprint density at radius 2 is 0.731 bits per heavy atom. The molecule has 26 heavy (non-hydrogen) atoms. The average Bonchev–Trinajstić information content (AvgIpc) is 2.35. The zero-order chi connectivity index (χ0) is 21.1. The molecule has 0 unspecified atom stereocenters. The van der Waals surface area contributed by atoms with Gasteiger partial charge in [0.05, 0.1) is 0 Å². The molecular formula is C8HAgF15O2. The van der Waals surface area contributed by atoms with E-state index in [1.165, 1.54) is 0 Å². The third kappa shape index (κ3) is 3.25. The van der Waals surface area contributed by atoms with E-state index in [9.17, 15) is 70.7 Å². The molecule has 0 aliphatic heterocycles. The summed E-state index contributed by atoms with van der Waals surface area (Å²) in [6.45, 7) is 0. The second-order valence-corrected chi connectivity index (χ2v) is 4.25. The summed E-state index contributed by atoms with van der Waals surface area (Å²) in [7, 11) is 0. The van der Waals surface area contributed by atoms with E-state index in [0.29, 0.717) is 0 Å². The summed E-state index contributed by atoms with van der Waals surface area (Å²) in [4.78, 5) is 9.72. The van der Waals surface area contributed by atoms with Crippen LogP contribution < -0.4 is 0 Å². The molecule has 161 valence electrons. The van der Waals surface area contributed by atoms with Gasteiger partial charge in [0.15, 0.2) is 0 Å². The van der Waals surface area contributed by atoms with Crippen molar-refractivity contribution in [2.24, 2.45) is 0 Å². The smallest absolute Gasteiger partial charge is 0.460 e. The molecule has 0 aromatic heterocycles. The van der Waals surface area contributed by atoms with Crippen molar-refractivity contribution in [3.05, 3.63) is 0 Å². The number of rotatable bonds is 6. The van der Waals surface area contributed by atoms with Crippen LogP contribution >= 0.6 is 0 Å². The van der Waals surface area contributed by atoms with E-state index < -0.39 is 47.7 Å². The van der Waals surface area contributed by atoms with Gasteiger partial charge >= 0.3 is 47.7 Å². The molecule has 0 bridgehead atoms. The summed E-state index contributed by atoms with van der Waals surface area (Å²) < 4.78 is 187. The van der Waals surface area contributed by atoms with E-state index in [1.54, 1.807) is 0 Å². The topological polar surface area (TPSA) is 37.3 Å². The molecule has 0 aromatic carbocycles. The summed E-state index contributed by atoms with van der Waals surface area (Å²) in [5.41, 5.74) is 0. The van der Waals surface area contributed by atoms with Gasteiger partial charge in [0, 0.05) is 22.4 Å². The van der Waals surface area contributed by atoms with Crippen molar-refractivity contribution in [3.63, 3.8) is 0 Å². The van der Waals surface area contributed by atoms with E-state index in [2.05, 4.69) is 0 Å². The minimum Gasteiger partial charge on any atom is -0.477 e. The Labute approximate surface area is 146 Å². The SMILES string of the molecule is O=C(O)C(F)(F)C(F)(F)C(F)(F)C(F)(F)C(F)(F)C(F)(F)C(F)(F)F.[Ag]. The second kappa shape index (κ2) is 6.65. The first kappa shape index (κ1) is 27.4. The van der Waals surface area contributed by atoms with Crippen LogP contribution in [0.1, 0.15) is 0 Å². The zero-order valence-corrected chi connectivity index (χ0v) is 12.3. The van der Waals surface area contributed by atoms with Crippen molar-refractivity contribution in [1.82, 2.24) is 0 Å². The van der Waals surface area contributed by atoms with Crippen molar-refractivity contribution >= 4 is 5.97 Å². The van der Waals surface area contributed by atoms with Crippen molar-refractivity contribution < 1.29 is 98.1 Å². The van der Waals surface area contributed by atoms with Crippen molar-refractivity contribution in [3.8, 4) is 0 Å². The average molecular weight is 522 g/mol. The molecule has 0 fully saturated rings. The summed E-state index contributed by atoms with van der Waals surface area (Å²) in [6, 6.07) is 0. The van der Waals surface area contributed by atoms with E-state index in [1.807, 2.05) is 0 Å². The van der Waals surface area contributed by atoms with Gasteiger partial charge < -0.3 is 5.11 Å². The van der Waals surface area contributed by atoms with E-state index >= 15 is 0 Å². The third-order valence-corrected chi connectivity index (χ3v) is 2.60. The van der Waals surface area contributed by atoms with Gasteiger partial charge in [-0.25, -0.2) is 4.79 Å². The molecule has 18 heteroatoms. The second-order valence-electron chi connectivity index (χ2n) is 4.25. The van der Waals surface area contributed by atoms with Gasteiger partial charge in [0.2, 0.25) is 0 Å². The van der Waals surface area contributed by atoms with Crippen LogP contribution in [0.15, 0.2) is 0 Å². The van der Waals surface area contributed by atoms with Gasteiger partial charge in [0.25, 0.3) is 0 Å². The van der Waals surface area contributed by atoms with Crippen LogP contribution in [0.25, 0.3) is 0 Å². The molecule has 0 saturated carbocycles. The van der Waals surface area contributed by atoms with Gasteiger partial charge in [-0.1, -0.05) is 0 Å². The van der Waals surface area contributed by atoms with Crippen molar-refractivity contribution in [1.29, 1.82) is 0 Å². The Hall–Kier alpha value is -0.840. The quantitative estimate of drug-likeness (QED) is 0.414. The molecule has 0 rings (SSSR count). The monoisotopic (exact) mass is 521 g/mol. The molecule has 0 amide bonds. The molecule has 0 aliphatic rings. The number of alkyl halides is 15. The van der Waals surface area contributed by atoms with E-state index in [4.69, 9.17) is 5.11 Å². The summed E-state index contributed by atoms with van der Waals surface area (Å²) >= 11 is 0. The van der Waals surface area contributed by atoms with Gasteiger partial charge in [-0.2, -0.15) is 65.9 Å². The van der Waals surface area contributed by atoms with E-state index in [0.717, 1.165) is 0 Å². The Morgan fingerprint density at radius 3 is 0.962 bits per heavy atom. The molecular weight excluding hydrogens is 521 g/mol. The zero-order valence-electron chi connectivity index (χ0n) is 10.8. The van der Waals surface area contributed by atoms with Crippen LogP contribution in [0.4, 0.5) is 65.9 Å². The molecule has 0 spiro atoms. The van der Waals surface area contributed by atoms with Gasteiger partial charge in [-0.05, 0) is 0 Å². The summed E-state index contributed by atoms with van der Waals surface area (Å²) in [6.07, 6.45) is -7.69. The molecule has 0 aliphatic carbocycles. The van der Waals surface area contributed by atoms with Crippen LogP contribution in [-0.2, 0) is 27.2 Å². The normalized spacial score (nSPS) is 15.5. The van der Waals surface area contributed by atoms with Gasteiger partial charge in [-0.3, -0.25) is 0 Å². The molecule has 2 nitrogen and oxygen atoms in total.